The molecule has 4 heteroatoms. The van der Waals surface area contributed by atoms with Crippen molar-refractivity contribution in [1.29, 1.82) is 0 Å². The van der Waals surface area contributed by atoms with E-state index in [2.05, 4.69) is 43.4 Å². The van der Waals surface area contributed by atoms with Crippen LogP contribution in [0.4, 0.5) is 13.2 Å². The minimum atomic E-state index is -3.71. The summed E-state index contributed by atoms with van der Waals surface area (Å²) in [5.74, 6) is 1.39. The third kappa shape index (κ3) is 8.83. The molecule has 0 heterocycles. The minimum absolute atomic E-state index is 0.233. The number of benzene rings is 2. The molecule has 2 aliphatic carbocycles. The summed E-state index contributed by atoms with van der Waals surface area (Å²) < 4.78 is 50.6. The SMILES string of the molecule is C/C=C/CCC1CCC(c2ccc(C(C)OC(F)(F)c3ccc(C4CCC(CC/C=C/C)CC4)cc3F)cc2)CC1. The molecule has 0 aromatic heterocycles. The summed E-state index contributed by atoms with van der Waals surface area (Å²) in [4.78, 5) is 0. The molecule has 0 N–H and O–H groups in total. The Labute approximate surface area is 246 Å². The van der Waals surface area contributed by atoms with Crippen LogP contribution in [0.5, 0.6) is 0 Å². The van der Waals surface area contributed by atoms with Crippen molar-refractivity contribution in [2.24, 2.45) is 11.8 Å². The minimum Gasteiger partial charge on any atom is -0.309 e. The van der Waals surface area contributed by atoms with Crippen LogP contribution in [0.1, 0.15) is 138 Å². The van der Waals surface area contributed by atoms with Crippen LogP contribution in [0.15, 0.2) is 66.8 Å². The van der Waals surface area contributed by atoms with Gasteiger partial charge in [0.1, 0.15) is 5.82 Å². The topological polar surface area (TPSA) is 9.23 Å². The Hall–Kier alpha value is -2.33. The van der Waals surface area contributed by atoms with Crippen LogP contribution in [0.3, 0.4) is 0 Å². The second-order valence-electron chi connectivity index (χ2n) is 12.4. The maximum Gasteiger partial charge on any atom is 0.386 e. The van der Waals surface area contributed by atoms with E-state index in [0.29, 0.717) is 17.4 Å². The van der Waals surface area contributed by atoms with Crippen LogP contribution >= 0.6 is 0 Å². The van der Waals surface area contributed by atoms with E-state index in [1.54, 1.807) is 13.0 Å². The van der Waals surface area contributed by atoms with E-state index in [-0.39, 0.29) is 5.92 Å². The van der Waals surface area contributed by atoms with Crippen molar-refractivity contribution >= 4 is 0 Å². The van der Waals surface area contributed by atoms with E-state index in [0.717, 1.165) is 50.0 Å². The molecule has 0 saturated heterocycles. The smallest absolute Gasteiger partial charge is 0.309 e. The molecule has 2 aliphatic rings. The van der Waals surface area contributed by atoms with Crippen molar-refractivity contribution in [2.75, 3.05) is 0 Å². The molecule has 0 radical (unpaired) electrons. The second kappa shape index (κ2) is 15.2. The van der Waals surface area contributed by atoms with Gasteiger partial charge in [0.05, 0.1) is 11.7 Å². The molecule has 0 aliphatic heterocycles. The molecule has 4 rings (SSSR count). The van der Waals surface area contributed by atoms with Gasteiger partial charge in [0.15, 0.2) is 0 Å². The number of hydrogen-bond acceptors (Lipinski definition) is 1. The van der Waals surface area contributed by atoms with Crippen LogP contribution in [0, 0.1) is 17.7 Å². The van der Waals surface area contributed by atoms with E-state index in [9.17, 15) is 0 Å². The standard InChI is InChI=1S/C37H49F3O/c1-4-6-8-10-28-12-16-31(17-13-28)32-22-20-30(21-23-32)27(3)41-37(39,40)35-25-24-34(26-36(35)38)33-18-14-29(15-19-33)11-9-7-5-2/h4-7,20-29,31,33H,8-19H2,1-3H3/b6-4+,7-5+. The summed E-state index contributed by atoms with van der Waals surface area (Å²) in [5, 5.41) is 0. The molecule has 2 saturated carbocycles. The molecule has 0 spiro atoms. The molecular formula is C37H49F3O. The summed E-state index contributed by atoms with van der Waals surface area (Å²) in [6, 6.07) is 12.1. The van der Waals surface area contributed by atoms with Gasteiger partial charge < -0.3 is 4.74 Å². The molecule has 1 atom stereocenters. The Balaban J connectivity index is 1.30. The third-order valence-corrected chi connectivity index (χ3v) is 9.63. The Morgan fingerprint density at radius 2 is 1.24 bits per heavy atom. The first-order valence-electron chi connectivity index (χ1n) is 16.0. The highest BCUT2D eigenvalue weighted by molar-refractivity contribution is 5.30. The van der Waals surface area contributed by atoms with Crippen molar-refractivity contribution in [3.63, 3.8) is 0 Å². The maximum atomic E-state index is 15.2. The van der Waals surface area contributed by atoms with E-state index >= 15 is 13.2 Å². The fraction of sp³-hybridized carbons (Fsp3) is 0.568. The fourth-order valence-corrected chi connectivity index (χ4v) is 6.98. The zero-order valence-corrected chi connectivity index (χ0v) is 25.3. The summed E-state index contributed by atoms with van der Waals surface area (Å²) >= 11 is 0. The van der Waals surface area contributed by atoms with Crippen LogP contribution in [0.2, 0.25) is 0 Å². The molecule has 1 unspecified atom stereocenters. The largest absolute Gasteiger partial charge is 0.386 e. The van der Waals surface area contributed by atoms with Crippen LogP contribution in [-0.4, -0.2) is 0 Å². The van der Waals surface area contributed by atoms with Gasteiger partial charge in [-0.15, -0.1) is 0 Å². The van der Waals surface area contributed by atoms with Gasteiger partial charge in [-0.05, 0) is 150 Å². The number of ether oxygens (including phenoxy) is 1. The highest BCUT2D eigenvalue weighted by Crippen LogP contribution is 2.42. The predicted molar refractivity (Wildman–Crippen MR) is 164 cm³/mol. The summed E-state index contributed by atoms with van der Waals surface area (Å²) in [6.07, 6.45) is 17.9. The Bertz CT molecular complexity index is 1120. The molecule has 41 heavy (non-hydrogen) atoms. The number of halogens is 3. The molecule has 0 amide bonds. The fourth-order valence-electron chi connectivity index (χ4n) is 6.98. The van der Waals surface area contributed by atoms with Gasteiger partial charge >= 0.3 is 6.11 Å². The lowest BCUT2D eigenvalue weighted by molar-refractivity contribution is -0.273. The molecule has 2 aromatic carbocycles. The monoisotopic (exact) mass is 566 g/mol. The molecule has 0 bridgehead atoms. The van der Waals surface area contributed by atoms with Crippen LogP contribution in [0.25, 0.3) is 0 Å². The molecule has 224 valence electrons. The molecular weight excluding hydrogens is 517 g/mol. The lowest BCUT2D eigenvalue weighted by Gasteiger charge is -2.29. The van der Waals surface area contributed by atoms with Gasteiger partial charge in [0.25, 0.3) is 0 Å². The Kier molecular flexibility index (Phi) is 11.7. The van der Waals surface area contributed by atoms with Crippen LogP contribution < -0.4 is 0 Å². The van der Waals surface area contributed by atoms with Crippen molar-refractivity contribution in [3.8, 4) is 0 Å². The lowest BCUT2D eigenvalue weighted by Crippen LogP contribution is -2.22. The van der Waals surface area contributed by atoms with Gasteiger partial charge in [-0.25, -0.2) is 4.39 Å². The molecule has 2 aromatic rings. The third-order valence-electron chi connectivity index (χ3n) is 9.63. The second-order valence-corrected chi connectivity index (χ2v) is 12.4. The highest BCUT2D eigenvalue weighted by Gasteiger charge is 2.38. The van der Waals surface area contributed by atoms with E-state index < -0.39 is 23.6 Å². The Morgan fingerprint density at radius 1 is 0.756 bits per heavy atom. The molecule has 1 nitrogen and oxygen atoms in total. The summed E-state index contributed by atoms with van der Waals surface area (Å²) in [7, 11) is 0. The summed E-state index contributed by atoms with van der Waals surface area (Å²) in [6.45, 7) is 5.73. The van der Waals surface area contributed by atoms with Crippen molar-refractivity contribution < 1.29 is 17.9 Å². The van der Waals surface area contributed by atoms with E-state index in [4.69, 9.17) is 4.74 Å². The maximum absolute atomic E-state index is 15.2. The van der Waals surface area contributed by atoms with Crippen LogP contribution in [-0.2, 0) is 10.8 Å². The normalized spacial score (nSPS) is 24.7. The summed E-state index contributed by atoms with van der Waals surface area (Å²) in [5.41, 5.74) is 2.09. The number of rotatable bonds is 12. The van der Waals surface area contributed by atoms with Crippen molar-refractivity contribution in [2.45, 2.75) is 122 Å². The van der Waals surface area contributed by atoms with Crippen molar-refractivity contribution in [3.05, 3.63) is 94.8 Å². The number of allylic oxidation sites excluding steroid dienone is 4. The first-order valence-corrected chi connectivity index (χ1v) is 16.0. The zero-order valence-electron chi connectivity index (χ0n) is 25.3. The first-order chi connectivity index (χ1) is 19.8. The van der Waals surface area contributed by atoms with E-state index in [1.807, 2.05) is 19.1 Å². The van der Waals surface area contributed by atoms with Gasteiger partial charge in [-0.3, -0.25) is 0 Å². The quantitative estimate of drug-likeness (QED) is 0.232. The average molecular weight is 567 g/mol. The lowest BCUT2D eigenvalue weighted by atomic mass is 9.77. The first kappa shape index (κ1) is 31.6. The van der Waals surface area contributed by atoms with Gasteiger partial charge in [0, 0.05) is 0 Å². The molecule has 2 fully saturated rings. The number of alkyl halides is 2. The van der Waals surface area contributed by atoms with Crippen molar-refractivity contribution in [1.82, 2.24) is 0 Å². The predicted octanol–water partition coefficient (Wildman–Crippen LogP) is 11.9. The average Bonchev–Trinajstić information content (AvgIpc) is 2.98. The van der Waals surface area contributed by atoms with Gasteiger partial charge in [-0.2, -0.15) is 8.78 Å². The highest BCUT2D eigenvalue weighted by atomic mass is 19.3. The zero-order chi connectivity index (χ0) is 29.2. The Morgan fingerprint density at radius 3 is 1.73 bits per heavy atom. The van der Waals surface area contributed by atoms with Gasteiger partial charge in [-0.1, -0.05) is 54.6 Å². The van der Waals surface area contributed by atoms with E-state index in [1.165, 1.54) is 56.2 Å². The van der Waals surface area contributed by atoms with Gasteiger partial charge in [0.2, 0.25) is 0 Å². The number of hydrogen-bond donors (Lipinski definition) is 0.